The van der Waals surface area contributed by atoms with E-state index in [1.807, 2.05) is 0 Å². The van der Waals surface area contributed by atoms with Gasteiger partial charge in [0.1, 0.15) is 19.3 Å². The van der Waals surface area contributed by atoms with Crippen molar-refractivity contribution in [2.75, 3.05) is 39.6 Å². The van der Waals surface area contributed by atoms with E-state index in [2.05, 4.69) is 55.4 Å². The summed E-state index contributed by atoms with van der Waals surface area (Å²) < 4.78 is 68.9. The molecule has 0 aliphatic rings. The molecule has 0 aromatic heterocycles. The summed E-state index contributed by atoms with van der Waals surface area (Å²) in [6.45, 7) is 14.4. The third-order valence-electron chi connectivity index (χ3n) is 20.9. The van der Waals surface area contributed by atoms with Crippen LogP contribution in [0.25, 0.3) is 0 Å². The Kier molecular flexibility index (Phi) is 75.3. The second-order valence-electron chi connectivity index (χ2n) is 33.3. The Morgan fingerprint density at radius 3 is 0.664 bits per heavy atom. The number of hydrogen-bond acceptors (Lipinski definition) is 15. The Hall–Kier alpha value is -1.94. The van der Waals surface area contributed by atoms with Gasteiger partial charge in [0, 0.05) is 25.7 Å². The summed E-state index contributed by atoms with van der Waals surface area (Å²) in [6, 6.07) is 0. The van der Waals surface area contributed by atoms with Crippen LogP contribution in [0, 0.1) is 23.7 Å². The molecule has 0 radical (unpaired) electrons. The number of phosphoric acid groups is 2. The van der Waals surface area contributed by atoms with Crippen molar-refractivity contribution >= 4 is 39.5 Å². The molecule has 0 fully saturated rings. The van der Waals surface area contributed by atoms with Crippen molar-refractivity contribution < 1.29 is 80.2 Å². The second-order valence-corrected chi connectivity index (χ2v) is 36.2. The maximum absolute atomic E-state index is 13.1. The van der Waals surface area contributed by atoms with Gasteiger partial charge in [-0.25, -0.2) is 9.13 Å². The standard InChI is InChI=1S/C88H172O17P2/c1-9-81(8)67-59-51-43-35-29-23-16-12-10-11-13-17-25-31-37-45-54-62-70-88(93)105-84(75-99-86(91)69-61-53-47-39-42-50-58-66-80(6)7)77-103-107(96,97)101-73-82(89)72-100-106(94,95)102-76-83(104-87(92)71-63-55-46-38-32-26-20-19-22-28-34-41-49-57-65-79(4)5)74-98-85(90)68-60-52-44-36-30-24-18-14-15-21-27-33-40-48-56-64-78(2)3/h78-84,89H,9-77H2,1-8H3,(H,94,95)(H,96,97)/t81?,82?,83-,84-/m1/s1. The number of hydrogen-bond donors (Lipinski definition) is 3. The molecule has 0 saturated carbocycles. The number of ether oxygens (including phenoxy) is 4. The molecule has 0 heterocycles. The molecule has 0 saturated heterocycles. The summed E-state index contributed by atoms with van der Waals surface area (Å²) in [5.74, 6) is 1.07. The molecule has 6 atom stereocenters. The molecule has 107 heavy (non-hydrogen) atoms. The highest BCUT2D eigenvalue weighted by Gasteiger charge is 2.31. The van der Waals surface area contributed by atoms with E-state index in [1.165, 1.54) is 257 Å². The van der Waals surface area contributed by atoms with Crippen molar-refractivity contribution in [2.24, 2.45) is 23.7 Å². The molecule has 0 rings (SSSR count). The summed E-state index contributed by atoms with van der Waals surface area (Å²) in [7, 11) is -9.93. The lowest BCUT2D eigenvalue weighted by atomic mass is 9.99. The zero-order chi connectivity index (χ0) is 78.8. The minimum Gasteiger partial charge on any atom is -0.462 e. The quantitative estimate of drug-likeness (QED) is 0.0222. The van der Waals surface area contributed by atoms with E-state index in [0.29, 0.717) is 31.6 Å². The number of esters is 4. The van der Waals surface area contributed by atoms with Crippen LogP contribution in [0.15, 0.2) is 0 Å². The van der Waals surface area contributed by atoms with Crippen LogP contribution in [0.5, 0.6) is 0 Å². The minimum atomic E-state index is -4.97. The van der Waals surface area contributed by atoms with Gasteiger partial charge in [-0.05, 0) is 49.4 Å². The fourth-order valence-electron chi connectivity index (χ4n) is 13.6. The maximum Gasteiger partial charge on any atom is 0.472 e. The fraction of sp³-hybridized carbons (Fsp3) is 0.955. The largest absolute Gasteiger partial charge is 0.472 e. The highest BCUT2D eigenvalue weighted by atomic mass is 31.2. The van der Waals surface area contributed by atoms with Gasteiger partial charge in [0.25, 0.3) is 0 Å². The van der Waals surface area contributed by atoms with Crippen molar-refractivity contribution in [2.45, 2.75) is 478 Å². The molecule has 19 heteroatoms. The van der Waals surface area contributed by atoms with Crippen LogP contribution in [0.3, 0.4) is 0 Å². The number of unbranched alkanes of at least 4 members (excludes halogenated alkanes) is 50. The molecule has 0 aromatic rings. The first kappa shape index (κ1) is 105. The van der Waals surface area contributed by atoms with Gasteiger partial charge in [-0.1, -0.05) is 409 Å². The number of aliphatic hydroxyl groups excluding tert-OH is 1. The third-order valence-corrected chi connectivity index (χ3v) is 22.8. The normalized spacial score (nSPS) is 14.1. The van der Waals surface area contributed by atoms with E-state index in [4.69, 9.17) is 37.0 Å². The lowest BCUT2D eigenvalue weighted by Crippen LogP contribution is -2.30. The van der Waals surface area contributed by atoms with Crippen molar-refractivity contribution in [3.05, 3.63) is 0 Å². The fourth-order valence-corrected chi connectivity index (χ4v) is 15.2. The molecule has 0 bridgehead atoms. The van der Waals surface area contributed by atoms with Crippen LogP contribution in [0.2, 0.25) is 0 Å². The Balaban J connectivity index is 5.21. The van der Waals surface area contributed by atoms with E-state index in [1.54, 1.807) is 0 Å². The number of phosphoric ester groups is 2. The van der Waals surface area contributed by atoms with Gasteiger partial charge in [0.15, 0.2) is 12.2 Å². The molecular formula is C88H172O17P2. The van der Waals surface area contributed by atoms with Crippen molar-refractivity contribution in [1.82, 2.24) is 0 Å². The van der Waals surface area contributed by atoms with Crippen LogP contribution in [0.1, 0.15) is 460 Å². The molecule has 4 unspecified atom stereocenters. The van der Waals surface area contributed by atoms with Crippen LogP contribution in [-0.4, -0.2) is 96.7 Å². The van der Waals surface area contributed by atoms with Gasteiger partial charge in [-0.15, -0.1) is 0 Å². The first-order valence-corrected chi connectivity index (χ1v) is 48.2. The lowest BCUT2D eigenvalue weighted by molar-refractivity contribution is -0.161. The van der Waals surface area contributed by atoms with Crippen molar-refractivity contribution in [3.8, 4) is 0 Å². The van der Waals surface area contributed by atoms with Crippen molar-refractivity contribution in [1.29, 1.82) is 0 Å². The zero-order valence-corrected chi connectivity index (χ0v) is 72.6. The number of carbonyl (C=O) groups is 4. The predicted octanol–water partition coefficient (Wildman–Crippen LogP) is 26.7. The van der Waals surface area contributed by atoms with E-state index in [-0.39, 0.29) is 25.7 Å². The average molecular weight is 1560 g/mol. The van der Waals surface area contributed by atoms with E-state index in [9.17, 15) is 43.2 Å². The topological polar surface area (TPSA) is 237 Å². The molecule has 0 aromatic carbocycles. The van der Waals surface area contributed by atoms with E-state index >= 15 is 0 Å². The Morgan fingerprint density at radius 1 is 0.262 bits per heavy atom. The summed E-state index contributed by atoms with van der Waals surface area (Å²) in [4.78, 5) is 73.3. The predicted molar refractivity (Wildman–Crippen MR) is 441 cm³/mol. The third kappa shape index (κ3) is 80.5. The van der Waals surface area contributed by atoms with Gasteiger partial charge in [0.2, 0.25) is 0 Å². The summed E-state index contributed by atoms with van der Waals surface area (Å²) in [5, 5.41) is 10.7. The van der Waals surface area contributed by atoms with Crippen LogP contribution in [0.4, 0.5) is 0 Å². The zero-order valence-electron chi connectivity index (χ0n) is 70.8. The lowest BCUT2D eigenvalue weighted by Gasteiger charge is -2.21. The van der Waals surface area contributed by atoms with Gasteiger partial charge < -0.3 is 33.8 Å². The number of rotatable bonds is 85. The smallest absolute Gasteiger partial charge is 0.462 e. The van der Waals surface area contributed by atoms with Crippen LogP contribution >= 0.6 is 15.6 Å². The first-order valence-electron chi connectivity index (χ1n) is 45.2. The number of carbonyl (C=O) groups excluding carboxylic acids is 4. The van der Waals surface area contributed by atoms with Gasteiger partial charge >= 0.3 is 39.5 Å². The van der Waals surface area contributed by atoms with Gasteiger partial charge in [-0.3, -0.25) is 37.3 Å². The molecule has 0 amide bonds. The molecule has 0 spiro atoms. The molecule has 0 aliphatic heterocycles. The van der Waals surface area contributed by atoms with Gasteiger partial charge in [0.05, 0.1) is 26.4 Å². The first-order chi connectivity index (χ1) is 51.6. The Bertz CT molecular complexity index is 2080. The van der Waals surface area contributed by atoms with Crippen LogP contribution < -0.4 is 0 Å². The summed E-state index contributed by atoms with van der Waals surface area (Å²) >= 11 is 0. The highest BCUT2D eigenvalue weighted by molar-refractivity contribution is 7.47. The highest BCUT2D eigenvalue weighted by Crippen LogP contribution is 2.45. The Labute approximate surface area is 658 Å². The summed E-state index contributed by atoms with van der Waals surface area (Å²) in [5.41, 5.74) is 0. The van der Waals surface area contributed by atoms with Crippen LogP contribution in [-0.2, 0) is 65.4 Å². The molecule has 3 N–H and O–H groups in total. The van der Waals surface area contributed by atoms with Crippen molar-refractivity contribution in [3.63, 3.8) is 0 Å². The Morgan fingerprint density at radius 2 is 0.449 bits per heavy atom. The molecular weight excluding hydrogens is 1390 g/mol. The van der Waals surface area contributed by atoms with E-state index in [0.717, 1.165) is 114 Å². The average Bonchev–Trinajstić information content (AvgIpc) is 0.901. The minimum absolute atomic E-state index is 0.107. The summed E-state index contributed by atoms with van der Waals surface area (Å²) in [6.07, 6.45) is 66.7. The second kappa shape index (κ2) is 76.7. The maximum atomic E-state index is 13.1. The molecule has 0 aliphatic carbocycles. The monoisotopic (exact) mass is 1560 g/mol. The molecule has 17 nitrogen and oxygen atoms in total. The molecule has 636 valence electrons. The SMILES string of the molecule is CCC(C)CCCCCCCCCCCCCCCCCCCCC(=O)O[C@H](COC(=O)CCCCCCCCCC(C)C)COP(=O)(O)OCC(O)COP(=O)(O)OC[C@@H](COC(=O)CCCCCCCCCCCCCCCCCC(C)C)OC(=O)CCCCCCCCCCCCCCCCC(C)C. The number of aliphatic hydroxyl groups is 1. The van der Waals surface area contributed by atoms with E-state index < -0.39 is 97.5 Å². The van der Waals surface area contributed by atoms with Gasteiger partial charge in [-0.2, -0.15) is 0 Å².